The lowest BCUT2D eigenvalue weighted by Crippen LogP contribution is -2.36. The average molecular weight is 281 g/mol. The first-order valence-corrected chi connectivity index (χ1v) is 6.61. The maximum Gasteiger partial charge on any atom is 0.309 e. The largest absolute Gasteiger partial charge is 0.542 e. The van der Waals surface area contributed by atoms with E-state index in [0.29, 0.717) is 6.42 Å². The number of rotatable bonds is 5. The minimum atomic E-state index is -1.80. The van der Waals surface area contributed by atoms with Crippen LogP contribution in [0.5, 0.6) is 0 Å². The van der Waals surface area contributed by atoms with Gasteiger partial charge in [0.25, 0.3) is 0 Å². The van der Waals surface area contributed by atoms with Gasteiger partial charge in [-0.05, 0) is 12.8 Å². The molecule has 0 N–H and O–H groups in total. The molecule has 7 nitrogen and oxygen atoms in total. The number of carboxylic acid groups (broad SMARTS) is 1. The molecule has 0 radical (unpaired) electrons. The number of ether oxygens (including phenoxy) is 2. The van der Waals surface area contributed by atoms with Crippen LogP contribution in [-0.2, 0) is 28.7 Å². The molecule has 3 fully saturated rings. The van der Waals surface area contributed by atoms with E-state index in [9.17, 15) is 24.3 Å². The first kappa shape index (κ1) is 13.1. The van der Waals surface area contributed by atoms with Crippen LogP contribution in [0, 0.1) is 17.8 Å². The number of Topliss-reactive ketones (excluding diaryl/α,β-unsaturated/α-hetero) is 1. The third-order valence-corrected chi connectivity index (χ3v) is 4.47. The summed E-state index contributed by atoms with van der Waals surface area (Å²) in [5.41, 5.74) is 0. The second-order valence-corrected chi connectivity index (χ2v) is 5.57. The molecule has 2 saturated carbocycles. The second-order valence-electron chi connectivity index (χ2n) is 5.57. The minimum Gasteiger partial charge on any atom is -0.542 e. The van der Waals surface area contributed by atoms with Gasteiger partial charge < -0.3 is 19.4 Å². The second kappa shape index (κ2) is 4.57. The molecule has 0 aromatic heterocycles. The van der Waals surface area contributed by atoms with Gasteiger partial charge >= 0.3 is 11.9 Å². The molecule has 20 heavy (non-hydrogen) atoms. The predicted molar refractivity (Wildman–Crippen MR) is 58.7 cm³/mol. The van der Waals surface area contributed by atoms with Crippen LogP contribution < -0.4 is 5.11 Å². The number of hydrogen-bond donors (Lipinski definition) is 0. The Morgan fingerprint density at radius 2 is 2.00 bits per heavy atom. The Kier molecular flexibility index (Phi) is 2.99. The van der Waals surface area contributed by atoms with Crippen LogP contribution >= 0.6 is 0 Å². The van der Waals surface area contributed by atoms with E-state index in [1.165, 1.54) is 0 Å². The summed E-state index contributed by atoms with van der Waals surface area (Å²) in [5, 5.41) is 10.2. The fourth-order valence-electron chi connectivity index (χ4n) is 3.59. The van der Waals surface area contributed by atoms with E-state index < -0.39 is 30.2 Å². The number of esters is 2. The molecule has 0 aromatic carbocycles. The third-order valence-electron chi connectivity index (χ3n) is 4.47. The molecule has 5 atom stereocenters. The van der Waals surface area contributed by atoms with Crippen LogP contribution in [-0.4, -0.2) is 35.9 Å². The predicted octanol–water partition coefficient (Wildman–Crippen LogP) is -1.42. The lowest BCUT2D eigenvalue weighted by atomic mass is 9.88. The maximum absolute atomic E-state index is 11.6. The van der Waals surface area contributed by atoms with Crippen LogP contribution in [0.1, 0.15) is 25.7 Å². The van der Waals surface area contributed by atoms with Gasteiger partial charge in [-0.25, -0.2) is 0 Å². The van der Waals surface area contributed by atoms with Crippen molar-refractivity contribution < 1.29 is 33.8 Å². The summed E-state index contributed by atoms with van der Waals surface area (Å²) < 4.78 is 10.5. The topological polar surface area (TPSA) is 110 Å². The molecule has 1 aliphatic heterocycles. The van der Waals surface area contributed by atoms with Crippen molar-refractivity contribution in [3.63, 3.8) is 0 Å². The molecule has 108 valence electrons. The summed E-state index contributed by atoms with van der Waals surface area (Å²) >= 11 is 0. The number of hydrogen-bond acceptors (Lipinski definition) is 7. The van der Waals surface area contributed by atoms with Crippen LogP contribution in [0.15, 0.2) is 0 Å². The Hall–Kier alpha value is -1.92. The fraction of sp³-hybridized carbons (Fsp3) is 0.692. The summed E-state index contributed by atoms with van der Waals surface area (Å²) in [6.45, 7) is 0. The molecule has 0 aromatic rings. The van der Waals surface area contributed by atoms with Gasteiger partial charge in [0, 0.05) is 18.3 Å². The Bertz CT molecular complexity index is 497. The smallest absolute Gasteiger partial charge is 0.309 e. The zero-order valence-electron chi connectivity index (χ0n) is 10.6. The number of aliphatic carboxylic acids is 1. The van der Waals surface area contributed by atoms with Crippen LogP contribution in [0.25, 0.3) is 0 Å². The van der Waals surface area contributed by atoms with Crippen molar-refractivity contribution in [1.29, 1.82) is 0 Å². The molecule has 5 unspecified atom stereocenters. The van der Waals surface area contributed by atoms with Crippen molar-refractivity contribution >= 4 is 23.7 Å². The summed E-state index contributed by atoms with van der Waals surface area (Å²) in [4.78, 5) is 44.2. The molecule has 1 saturated heterocycles. The Morgan fingerprint density at radius 3 is 2.70 bits per heavy atom. The molecule has 2 aliphatic carbocycles. The molecule has 0 spiro atoms. The number of fused-ring (bicyclic) bond motifs is 1. The van der Waals surface area contributed by atoms with E-state index in [0.717, 1.165) is 6.42 Å². The van der Waals surface area contributed by atoms with Crippen LogP contribution in [0.4, 0.5) is 0 Å². The van der Waals surface area contributed by atoms with Gasteiger partial charge in [-0.2, -0.15) is 0 Å². The average Bonchev–Trinajstić information content (AvgIpc) is 3.00. The Morgan fingerprint density at radius 1 is 1.25 bits per heavy atom. The van der Waals surface area contributed by atoms with Crippen LogP contribution in [0.3, 0.4) is 0 Å². The molecule has 0 amide bonds. The van der Waals surface area contributed by atoms with Crippen LogP contribution in [0.2, 0.25) is 0 Å². The van der Waals surface area contributed by atoms with E-state index in [-0.39, 0.29) is 36.2 Å². The highest BCUT2D eigenvalue weighted by Crippen LogP contribution is 2.55. The zero-order chi connectivity index (χ0) is 14.4. The van der Waals surface area contributed by atoms with E-state index >= 15 is 0 Å². The van der Waals surface area contributed by atoms with Crippen molar-refractivity contribution in [2.75, 3.05) is 0 Å². The van der Waals surface area contributed by atoms with Crippen molar-refractivity contribution in [1.82, 2.24) is 0 Å². The summed E-state index contributed by atoms with van der Waals surface area (Å²) in [6, 6.07) is 0. The molecular weight excluding hydrogens is 268 g/mol. The zero-order valence-corrected chi connectivity index (χ0v) is 10.6. The van der Waals surface area contributed by atoms with Crippen molar-refractivity contribution in [2.45, 2.75) is 37.9 Å². The highest BCUT2D eigenvalue weighted by atomic mass is 16.6. The first-order valence-electron chi connectivity index (χ1n) is 6.61. The van der Waals surface area contributed by atoms with E-state index in [1.54, 1.807) is 0 Å². The normalized spacial score (nSPS) is 36.8. The highest BCUT2D eigenvalue weighted by molar-refractivity contribution is 6.31. The van der Waals surface area contributed by atoms with Gasteiger partial charge in [-0.3, -0.25) is 14.4 Å². The molecule has 3 aliphatic rings. The van der Waals surface area contributed by atoms with E-state index in [1.807, 2.05) is 0 Å². The first-order chi connectivity index (χ1) is 9.47. The highest BCUT2D eigenvalue weighted by Gasteiger charge is 2.63. The molecule has 2 bridgehead atoms. The quantitative estimate of drug-likeness (QED) is 0.449. The van der Waals surface area contributed by atoms with Crippen molar-refractivity contribution in [3.05, 3.63) is 0 Å². The Labute approximate surface area is 114 Å². The molecular formula is C13H13O7-. The minimum absolute atomic E-state index is 0.0559. The number of ketones is 1. The Balaban J connectivity index is 1.54. The standard InChI is InChI=1S/C13H14O7/c14-8(12(16)17)1-2-9(15)19-10-5-3-6-7(4-5)13(18)20-11(6)10/h5-7,10-11H,1-4H2,(H,16,17)/p-1. The lowest BCUT2D eigenvalue weighted by Gasteiger charge is -2.25. The lowest BCUT2D eigenvalue weighted by molar-refractivity contribution is -0.300. The van der Waals surface area contributed by atoms with Gasteiger partial charge in [0.2, 0.25) is 0 Å². The van der Waals surface area contributed by atoms with Gasteiger partial charge in [-0.1, -0.05) is 0 Å². The molecule has 1 heterocycles. The summed E-state index contributed by atoms with van der Waals surface area (Å²) in [7, 11) is 0. The van der Waals surface area contributed by atoms with Gasteiger partial charge in [0.05, 0.1) is 12.3 Å². The molecule has 7 heteroatoms. The molecule has 3 rings (SSSR count). The van der Waals surface area contributed by atoms with Gasteiger partial charge in [0.1, 0.15) is 18.2 Å². The van der Waals surface area contributed by atoms with Gasteiger partial charge in [0.15, 0.2) is 5.78 Å². The summed E-state index contributed by atoms with van der Waals surface area (Å²) in [5.74, 6) is -3.57. The third kappa shape index (κ3) is 1.97. The van der Waals surface area contributed by atoms with E-state index in [2.05, 4.69) is 0 Å². The van der Waals surface area contributed by atoms with Crippen molar-refractivity contribution in [3.8, 4) is 0 Å². The maximum atomic E-state index is 11.6. The summed E-state index contributed by atoms with van der Waals surface area (Å²) in [6.07, 6.45) is -0.0624. The number of carbonyl (C=O) groups excluding carboxylic acids is 4. The monoisotopic (exact) mass is 281 g/mol. The number of carbonyl (C=O) groups is 4. The number of carboxylic acids is 1. The van der Waals surface area contributed by atoms with Gasteiger partial charge in [-0.15, -0.1) is 0 Å². The fourth-order valence-corrected chi connectivity index (χ4v) is 3.59. The van der Waals surface area contributed by atoms with Crippen molar-refractivity contribution in [2.24, 2.45) is 17.8 Å². The van der Waals surface area contributed by atoms with E-state index in [4.69, 9.17) is 9.47 Å². The SMILES string of the molecule is O=C(CCC(=O)C(=O)[O-])OC1C2CC3C(=O)OC1C3C2.